The summed E-state index contributed by atoms with van der Waals surface area (Å²) in [5.41, 5.74) is 2.19. The molecule has 2 fully saturated rings. The second-order valence-corrected chi connectivity index (χ2v) is 7.31. The average Bonchev–Trinajstić information content (AvgIpc) is 3.22. The summed E-state index contributed by atoms with van der Waals surface area (Å²) in [4.78, 5) is 4.77. The fourth-order valence-corrected chi connectivity index (χ4v) is 3.34. The van der Waals surface area contributed by atoms with Crippen molar-refractivity contribution in [1.29, 1.82) is 0 Å². The standard InChI is InChI=1S/C24H32N2O3/c1-4-6-7-9-20(8-5-2)24-28-19-23(29-24)18-27-22-12-10-21(11-13-22)26-16-14-25(3)15-17-26/h4-13,23-24H,2,14-19H2,1,3H3/b6-4-,9-7-,20-8+/t23-,24+/m1/s1. The van der Waals surface area contributed by atoms with Crippen LogP contribution < -0.4 is 9.64 Å². The quantitative estimate of drug-likeness (QED) is 0.625. The van der Waals surface area contributed by atoms with Gasteiger partial charge in [0.1, 0.15) is 18.5 Å². The van der Waals surface area contributed by atoms with Crippen molar-refractivity contribution in [3.05, 3.63) is 72.9 Å². The van der Waals surface area contributed by atoms with Crippen molar-refractivity contribution in [2.45, 2.75) is 19.3 Å². The Kier molecular flexibility index (Phi) is 8.11. The number of rotatable bonds is 8. The molecule has 0 amide bonds. The molecule has 5 nitrogen and oxygen atoms in total. The third kappa shape index (κ3) is 6.32. The Morgan fingerprint density at radius 3 is 2.62 bits per heavy atom. The predicted octanol–water partition coefficient (Wildman–Crippen LogP) is 3.80. The maximum Gasteiger partial charge on any atom is 0.184 e. The van der Waals surface area contributed by atoms with E-state index in [0.29, 0.717) is 13.2 Å². The number of hydrogen-bond donors (Lipinski definition) is 0. The minimum absolute atomic E-state index is 0.0966. The van der Waals surface area contributed by atoms with Gasteiger partial charge >= 0.3 is 0 Å². The fourth-order valence-electron chi connectivity index (χ4n) is 3.34. The number of allylic oxidation sites excluding steroid dienone is 5. The third-order valence-electron chi connectivity index (χ3n) is 5.07. The lowest BCUT2D eigenvalue weighted by Crippen LogP contribution is -2.44. The van der Waals surface area contributed by atoms with E-state index in [9.17, 15) is 0 Å². The number of anilines is 1. The summed E-state index contributed by atoms with van der Waals surface area (Å²) in [6.07, 6.45) is 11.1. The molecule has 3 rings (SSSR count). The maximum atomic E-state index is 6.01. The monoisotopic (exact) mass is 396 g/mol. The van der Waals surface area contributed by atoms with Crippen LogP contribution in [-0.2, 0) is 9.47 Å². The van der Waals surface area contributed by atoms with E-state index in [1.165, 1.54) is 5.69 Å². The van der Waals surface area contributed by atoms with E-state index in [0.717, 1.165) is 37.5 Å². The number of hydrogen-bond acceptors (Lipinski definition) is 5. The van der Waals surface area contributed by atoms with E-state index in [1.54, 1.807) is 6.08 Å². The Morgan fingerprint density at radius 1 is 1.17 bits per heavy atom. The molecule has 0 aliphatic carbocycles. The molecule has 29 heavy (non-hydrogen) atoms. The van der Waals surface area contributed by atoms with E-state index in [1.807, 2.05) is 49.4 Å². The SMILES string of the molecule is C=C\C=C(/C=C\C=C/C)[C@H]1OC[C@@H](COc2ccc(N3CCN(C)CC3)cc2)O1. The lowest BCUT2D eigenvalue weighted by atomic mass is 10.2. The highest BCUT2D eigenvalue weighted by Gasteiger charge is 2.28. The first-order valence-corrected chi connectivity index (χ1v) is 10.2. The lowest BCUT2D eigenvalue weighted by molar-refractivity contribution is -0.0334. The van der Waals surface area contributed by atoms with Crippen LogP contribution in [0.5, 0.6) is 5.75 Å². The lowest BCUT2D eigenvalue weighted by Gasteiger charge is -2.34. The van der Waals surface area contributed by atoms with Crippen molar-refractivity contribution < 1.29 is 14.2 Å². The first-order chi connectivity index (χ1) is 14.2. The molecule has 0 aromatic heterocycles. The summed E-state index contributed by atoms with van der Waals surface area (Å²) in [5, 5.41) is 0. The second kappa shape index (κ2) is 11.0. The molecule has 2 heterocycles. The van der Waals surface area contributed by atoms with Gasteiger partial charge in [0.25, 0.3) is 0 Å². The number of ether oxygens (including phenoxy) is 3. The summed E-state index contributed by atoms with van der Waals surface area (Å²) in [6, 6.07) is 8.33. The molecule has 5 heteroatoms. The van der Waals surface area contributed by atoms with Crippen molar-refractivity contribution in [3.8, 4) is 5.75 Å². The van der Waals surface area contributed by atoms with Crippen LogP contribution in [0.25, 0.3) is 0 Å². The molecule has 0 N–H and O–H groups in total. The molecule has 0 unspecified atom stereocenters. The molecule has 1 aromatic carbocycles. The van der Waals surface area contributed by atoms with Crippen LogP contribution in [0, 0.1) is 0 Å². The molecular formula is C24H32N2O3. The Bertz CT molecular complexity index is 731. The molecule has 2 aliphatic rings. The summed E-state index contributed by atoms with van der Waals surface area (Å²) in [7, 11) is 2.17. The molecule has 2 atom stereocenters. The van der Waals surface area contributed by atoms with Crippen LogP contribution in [0.2, 0.25) is 0 Å². The molecule has 0 radical (unpaired) electrons. The Labute approximate surface area is 174 Å². The van der Waals surface area contributed by atoms with Gasteiger partial charge < -0.3 is 24.0 Å². The topological polar surface area (TPSA) is 34.2 Å². The van der Waals surface area contributed by atoms with Gasteiger partial charge in [0, 0.05) is 37.4 Å². The van der Waals surface area contributed by atoms with Crippen LogP contribution in [0.15, 0.2) is 72.9 Å². The minimum Gasteiger partial charge on any atom is -0.491 e. The summed E-state index contributed by atoms with van der Waals surface area (Å²) in [6.45, 7) is 11.1. The van der Waals surface area contributed by atoms with Gasteiger partial charge in [0.15, 0.2) is 6.29 Å². The average molecular weight is 397 g/mol. The summed E-state index contributed by atoms with van der Waals surface area (Å²) < 4.78 is 17.7. The highest BCUT2D eigenvalue weighted by Crippen LogP contribution is 2.23. The van der Waals surface area contributed by atoms with Crippen molar-refractivity contribution in [1.82, 2.24) is 4.90 Å². The van der Waals surface area contributed by atoms with Crippen LogP contribution in [0.4, 0.5) is 5.69 Å². The molecule has 0 saturated carbocycles. The highest BCUT2D eigenvalue weighted by atomic mass is 16.7. The molecule has 0 spiro atoms. The van der Waals surface area contributed by atoms with E-state index < -0.39 is 0 Å². The third-order valence-corrected chi connectivity index (χ3v) is 5.07. The zero-order valence-corrected chi connectivity index (χ0v) is 17.5. The van der Waals surface area contributed by atoms with Crippen LogP contribution in [-0.4, -0.2) is 63.7 Å². The van der Waals surface area contributed by atoms with Crippen molar-refractivity contribution >= 4 is 5.69 Å². The first kappa shape index (κ1) is 21.4. The highest BCUT2D eigenvalue weighted by molar-refractivity contribution is 5.49. The molecular weight excluding hydrogens is 364 g/mol. The molecule has 2 aliphatic heterocycles. The van der Waals surface area contributed by atoms with Crippen LogP contribution in [0.3, 0.4) is 0 Å². The Morgan fingerprint density at radius 2 is 1.93 bits per heavy atom. The van der Waals surface area contributed by atoms with Gasteiger partial charge in [0.05, 0.1) is 6.61 Å². The molecule has 2 saturated heterocycles. The van der Waals surface area contributed by atoms with Gasteiger partial charge in [-0.05, 0) is 38.2 Å². The fraction of sp³-hybridized carbons (Fsp3) is 0.417. The smallest absolute Gasteiger partial charge is 0.184 e. The van der Waals surface area contributed by atoms with Gasteiger partial charge in [-0.15, -0.1) is 0 Å². The van der Waals surface area contributed by atoms with E-state index in [4.69, 9.17) is 14.2 Å². The zero-order valence-electron chi connectivity index (χ0n) is 17.5. The number of benzene rings is 1. The maximum absolute atomic E-state index is 6.01. The predicted molar refractivity (Wildman–Crippen MR) is 118 cm³/mol. The van der Waals surface area contributed by atoms with Gasteiger partial charge in [-0.25, -0.2) is 0 Å². The first-order valence-electron chi connectivity index (χ1n) is 10.2. The van der Waals surface area contributed by atoms with Crippen LogP contribution in [0.1, 0.15) is 6.92 Å². The van der Waals surface area contributed by atoms with Gasteiger partial charge in [-0.3, -0.25) is 0 Å². The normalized spacial score (nSPS) is 23.9. The number of likely N-dealkylation sites (N-methyl/N-ethyl adjacent to an activating group) is 1. The largest absolute Gasteiger partial charge is 0.491 e. The van der Waals surface area contributed by atoms with Crippen molar-refractivity contribution in [2.24, 2.45) is 0 Å². The zero-order chi connectivity index (χ0) is 20.5. The van der Waals surface area contributed by atoms with Crippen molar-refractivity contribution in [3.63, 3.8) is 0 Å². The number of piperazine rings is 1. The summed E-state index contributed by atoms with van der Waals surface area (Å²) in [5.74, 6) is 0.852. The molecule has 1 aromatic rings. The molecule has 0 bridgehead atoms. The van der Waals surface area contributed by atoms with E-state index in [2.05, 4.69) is 35.6 Å². The van der Waals surface area contributed by atoms with Crippen molar-refractivity contribution in [2.75, 3.05) is 51.3 Å². The van der Waals surface area contributed by atoms with Gasteiger partial charge in [-0.2, -0.15) is 0 Å². The molecule has 156 valence electrons. The van der Waals surface area contributed by atoms with E-state index >= 15 is 0 Å². The Balaban J connectivity index is 1.48. The van der Waals surface area contributed by atoms with Gasteiger partial charge in [0.2, 0.25) is 0 Å². The van der Waals surface area contributed by atoms with Crippen LogP contribution >= 0.6 is 0 Å². The van der Waals surface area contributed by atoms with Gasteiger partial charge in [-0.1, -0.05) is 43.0 Å². The second-order valence-electron chi connectivity index (χ2n) is 7.31. The Hall–Kier alpha value is -2.34. The van der Waals surface area contributed by atoms with E-state index in [-0.39, 0.29) is 12.4 Å². The minimum atomic E-state index is -0.386. The summed E-state index contributed by atoms with van der Waals surface area (Å²) >= 11 is 0. The number of nitrogens with zero attached hydrogens (tertiary/aromatic N) is 2.